The van der Waals surface area contributed by atoms with Crippen molar-refractivity contribution in [3.8, 4) is 0 Å². The molecule has 22 heavy (non-hydrogen) atoms. The van der Waals surface area contributed by atoms with E-state index in [9.17, 15) is 9.59 Å². The summed E-state index contributed by atoms with van der Waals surface area (Å²) in [6.45, 7) is 16.0. The van der Waals surface area contributed by atoms with Gasteiger partial charge in [-0.3, -0.25) is 9.59 Å². The van der Waals surface area contributed by atoms with E-state index in [0.717, 1.165) is 0 Å². The van der Waals surface area contributed by atoms with Gasteiger partial charge in [-0.1, -0.05) is 0 Å². The van der Waals surface area contributed by atoms with Crippen LogP contribution in [0, 0.1) is 0 Å². The van der Waals surface area contributed by atoms with Gasteiger partial charge in [0.25, 0.3) is 0 Å². The number of nitrogens with zero attached hydrogens (tertiary/aromatic N) is 2. The highest BCUT2D eigenvalue weighted by molar-refractivity contribution is 5.83. The third-order valence-electron chi connectivity index (χ3n) is 3.48. The SMILES string of the molecule is C[C@@H](N)C(=O)N(CCN(C(=O)[C@@H](C)N)C(C)(C)C)C(C)(C)C. The average Bonchev–Trinajstić information content (AvgIpc) is 2.29. The van der Waals surface area contributed by atoms with E-state index in [1.165, 1.54) is 0 Å². The maximum absolute atomic E-state index is 12.3. The van der Waals surface area contributed by atoms with Crippen LogP contribution in [0.25, 0.3) is 0 Å². The average molecular weight is 314 g/mol. The van der Waals surface area contributed by atoms with Crippen molar-refractivity contribution in [2.24, 2.45) is 11.5 Å². The molecule has 0 saturated heterocycles. The quantitative estimate of drug-likeness (QED) is 0.789. The van der Waals surface area contributed by atoms with Crippen LogP contribution in [0.1, 0.15) is 55.4 Å². The minimum Gasteiger partial charge on any atom is -0.335 e. The molecule has 0 rings (SSSR count). The van der Waals surface area contributed by atoms with Crippen LogP contribution in [0.2, 0.25) is 0 Å². The van der Waals surface area contributed by atoms with Gasteiger partial charge in [0.15, 0.2) is 0 Å². The summed E-state index contributed by atoms with van der Waals surface area (Å²) in [7, 11) is 0. The molecule has 0 aliphatic carbocycles. The first-order chi connectivity index (χ1) is 9.69. The van der Waals surface area contributed by atoms with Gasteiger partial charge in [-0.05, 0) is 55.4 Å². The molecule has 0 spiro atoms. The fourth-order valence-corrected chi connectivity index (χ4v) is 2.24. The maximum Gasteiger partial charge on any atom is 0.239 e. The molecule has 6 nitrogen and oxygen atoms in total. The lowest BCUT2D eigenvalue weighted by molar-refractivity contribution is -0.142. The van der Waals surface area contributed by atoms with Gasteiger partial charge in [0, 0.05) is 24.2 Å². The molecule has 6 heteroatoms. The number of amides is 2. The van der Waals surface area contributed by atoms with E-state index < -0.39 is 12.1 Å². The van der Waals surface area contributed by atoms with Crippen LogP contribution in [0.15, 0.2) is 0 Å². The van der Waals surface area contributed by atoms with E-state index in [4.69, 9.17) is 11.5 Å². The van der Waals surface area contributed by atoms with Crippen molar-refractivity contribution >= 4 is 11.8 Å². The second-order valence-electron chi connectivity index (χ2n) is 7.90. The molecule has 0 aliphatic heterocycles. The van der Waals surface area contributed by atoms with Gasteiger partial charge < -0.3 is 21.3 Å². The maximum atomic E-state index is 12.3. The van der Waals surface area contributed by atoms with Crippen molar-refractivity contribution in [3.05, 3.63) is 0 Å². The Morgan fingerprint density at radius 3 is 1.14 bits per heavy atom. The summed E-state index contributed by atoms with van der Waals surface area (Å²) in [5.74, 6) is -0.232. The fraction of sp³-hybridized carbons (Fsp3) is 0.875. The number of hydrogen-bond donors (Lipinski definition) is 2. The second kappa shape index (κ2) is 7.42. The smallest absolute Gasteiger partial charge is 0.239 e. The minimum absolute atomic E-state index is 0.116. The number of nitrogens with two attached hydrogens (primary N) is 2. The van der Waals surface area contributed by atoms with Crippen LogP contribution in [0.3, 0.4) is 0 Å². The zero-order chi connectivity index (χ0) is 17.9. The van der Waals surface area contributed by atoms with Crippen LogP contribution in [-0.4, -0.2) is 57.9 Å². The normalized spacial score (nSPS) is 15.2. The summed E-state index contributed by atoms with van der Waals surface area (Å²) in [5.41, 5.74) is 10.8. The molecule has 0 saturated carbocycles. The lowest BCUT2D eigenvalue weighted by atomic mass is 10.0. The number of carbonyl (C=O) groups is 2. The van der Waals surface area contributed by atoms with E-state index in [1.54, 1.807) is 23.6 Å². The monoisotopic (exact) mass is 314 g/mol. The second-order valence-corrected chi connectivity index (χ2v) is 7.90. The zero-order valence-corrected chi connectivity index (χ0v) is 15.4. The Bertz CT molecular complexity index is 354. The van der Waals surface area contributed by atoms with Crippen molar-refractivity contribution < 1.29 is 9.59 Å². The van der Waals surface area contributed by atoms with E-state index >= 15 is 0 Å². The molecular formula is C16H34N4O2. The molecule has 4 N–H and O–H groups in total. The molecule has 0 heterocycles. The molecule has 0 fully saturated rings. The number of hydrogen-bond acceptors (Lipinski definition) is 4. The van der Waals surface area contributed by atoms with Crippen molar-refractivity contribution in [3.63, 3.8) is 0 Å². The van der Waals surface area contributed by atoms with Gasteiger partial charge in [-0.2, -0.15) is 0 Å². The molecule has 0 aromatic heterocycles. The summed E-state index contributed by atoms with van der Waals surface area (Å²) in [6, 6.07) is -1.13. The molecule has 0 bridgehead atoms. The molecule has 130 valence electrons. The van der Waals surface area contributed by atoms with Crippen molar-refractivity contribution in [1.29, 1.82) is 0 Å². The Morgan fingerprint density at radius 2 is 1.00 bits per heavy atom. The summed E-state index contributed by atoms with van der Waals surface area (Å²) in [4.78, 5) is 28.1. The van der Waals surface area contributed by atoms with Crippen molar-refractivity contribution in [2.45, 2.75) is 78.6 Å². The molecular weight excluding hydrogens is 280 g/mol. The van der Waals surface area contributed by atoms with Crippen LogP contribution < -0.4 is 11.5 Å². The Labute approximate surface area is 135 Å². The van der Waals surface area contributed by atoms with Gasteiger partial charge in [0.2, 0.25) is 11.8 Å². The minimum atomic E-state index is -0.563. The molecule has 0 radical (unpaired) electrons. The van der Waals surface area contributed by atoms with Gasteiger partial charge in [-0.15, -0.1) is 0 Å². The summed E-state index contributed by atoms with van der Waals surface area (Å²) >= 11 is 0. The van der Waals surface area contributed by atoms with Crippen molar-refractivity contribution in [1.82, 2.24) is 9.80 Å². The van der Waals surface area contributed by atoms with E-state index in [1.807, 2.05) is 41.5 Å². The number of rotatable bonds is 5. The van der Waals surface area contributed by atoms with Gasteiger partial charge in [-0.25, -0.2) is 0 Å². The van der Waals surface area contributed by atoms with Gasteiger partial charge >= 0.3 is 0 Å². The highest BCUT2D eigenvalue weighted by Crippen LogP contribution is 2.18. The Hall–Kier alpha value is -1.14. The number of carbonyl (C=O) groups excluding carboxylic acids is 2. The van der Waals surface area contributed by atoms with Gasteiger partial charge in [0.05, 0.1) is 12.1 Å². The Kier molecular flexibility index (Phi) is 7.03. The first kappa shape index (κ1) is 20.9. The van der Waals surface area contributed by atoms with E-state index in [0.29, 0.717) is 13.1 Å². The topological polar surface area (TPSA) is 92.7 Å². The standard InChI is InChI=1S/C16H34N4O2/c1-11(17)13(21)19(15(3,4)5)9-10-20(16(6,7)8)14(22)12(2)18/h11-12H,9-10,17-18H2,1-8H3/t11-,12-/m1/s1. The highest BCUT2D eigenvalue weighted by Gasteiger charge is 2.32. The predicted octanol–water partition coefficient (Wildman–Crippen LogP) is 0.935. The van der Waals surface area contributed by atoms with E-state index in [2.05, 4.69) is 0 Å². The Balaban J connectivity index is 5.22. The summed E-state index contributed by atoms with van der Waals surface area (Å²) < 4.78 is 0. The van der Waals surface area contributed by atoms with Crippen LogP contribution >= 0.6 is 0 Å². The zero-order valence-electron chi connectivity index (χ0n) is 15.4. The third kappa shape index (κ3) is 5.93. The molecule has 0 aliphatic rings. The molecule has 2 atom stereocenters. The molecule has 2 amide bonds. The van der Waals surface area contributed by atoms with Crippen LogP contribution in [-0.2, 0) is 9.59 Å². The third-order valence-corrected chi connectivity index (χ3v) is 3.48. The largest absolute Gasteiger partial charge is 0.335 e. The predicted molar refractivity (Wildman–Crippen MR) is 90.2 cm³/mol. The fourth-order valence-electron chi connectivity index (χ4n) is 2.24. The van der Waals surface area contributed by atoms with E-state index in [-0.39, 0.29) is 22.9 Å². The van der Waals surface area contributed by atoms with Gasteiger partial charge in [0.1, 0.15) is 0 Å². The molecule has 0 unspecified atom stereocenters. The van der Waals surface area contributed by atoms with Crippen molar-refractivity contribution in [2.75, 3.05) is 13.1 Å². The van der Waals surface area contributed by atoms with Crippen LogP contribution in [0.4, 0.5) is 0 Å². The highest BCUT2D eigenvalue weighted by atomic mass is 16.2. The first-order valence-electron chi connectivity index (χ1n) is 7.83. The Morgan fingerprint density at radius 1 is 0.773 bits per heavy atom. The summed E-state index contributed by atoms with van der Waals surface area (Å²) in [5, 5.41) is 0. The van der Waals surface area contributed by atoms with Crippen LogP contribution in [0.5, 0.6) is 0 Å². The summed E-state index contributed by atoms with van der Waals surface area (Å²) in [6.07, 6.45) is 0. The lowest BCUT2D eigenvalue weighted by Gasteiger charge is -2.42. The first-order valence-corrected chi connectivity index (χ1v) is 7.83. The molecule has 0 aromatic rings. The molecule has 0 aromatic carbocycles. The lowest BCUT2D eigenvalue weighted by Crippen LogP contribution is -2.57.